The molecular formula is C66H42. The van der Waals surface area contributed by atoms with Crippen molar-refractivity contribution in [1.29, 1.82) is 0 Å². The van der Waals surface area contributed by atoms with Crippen molar-refractivity contribution < 1.29 is 0 Å². The van der Waals surface area contributed by atoms with E-state index in [9.17, 15) is 0 Å². The molecule has 0 amide bonds. The highest BCUT2D eigenvalue weighted by Crippen LogP contribution is 2.50. The van der Waals surface area contributed by atoms with Crippen molar-refractivity contribution in [3.05, 3.63) is 255 Å². The summed E-state index contributed by atoms with van der Waals surface area (Å²) in [4.78, 5) is 0. The molecule has 0 aromatic heterocycles. The van der Waals surface area contributed by atoms with E-state index in [1.165, 1.54) is 131 Å². The van der Waals surface area contributed by atoms with Gasteiger partial charge in [0.15, 0.2) is 0 Å². The Morgan fingerprint density at radius 1 is 0.152 bits per heavy atom. The van der Waals surface area contributed by atoms with E-state index in [2.05, 4.69) is 255 Å². The molecule has 0 heterocycles. The van der Waals surface area contributed by atoms with Crippen LogP contribution in [0.4, 0.5) is 0 Å². The molecule has 0 atom stereocenters. The Morgan fingerprint density at radius 3 is 1.00 bits per heavy atom. The van der Waals surface area contributed by atoms with Crippen LogP contribution in [0.1, 0.15) is 0 Å². The molecule has 0 aliphatic heterocycles. The normalized spacial score (nSPS) is 11.6. The summed E-state index contributed by atoms with van der Waals surface area (Å²) in [5.41, 5.74) is 14.7. The van der Waals surface area contributed by atoms with Crippen LogP contribution >= 0.6 is 0 Å². The Hall–Kier alpha value is -8.58. The summed E-state index contributed by atoms with van der Waals surface area (Å²) in [6.07, 6.45) is 0. The van der Waals surface area contributed by atoms with Gasteiger partial charge >= 0.3 is 0 Å². The largest absolute Gasteiger partial charge is 0.0622 e. The first-order chi connectivity index (χ1) is 32.7. The number of fused-ring (bicyclic) bond motifs is 7. The van der Waals surface area contributed by atoms with Crippen LogP contribution in [-0.2, 0) is 0 Å². The molecule has 13 aromatic rings. The van der Waals surface area contributed by atoms with Gasteiger partial charge in [0.1, 0.15) is 0 Å². The van der Waals surface area contributed by atoms with E-state index in [4.69, 9.17) is 0 Å². The summed E-state index contributed by atoms with van der Waals surface area (Å²) in [5, 5.41) is 14.9. The van der Waals surface area contributed by atoms with E-state index < -0.39 is 0 Å². The summed E-state index contributed by atoms with van der Waals surface area (Å²) in [6, 6.07) is 94.4. The lowest BCUT2D eigenvalue weighted by molar-refractivity contribution is 1.61. The van der Waals surface area contributed by atoms with Crippen molar-refractivity contribution in [2.45, 2.75) is 0 Å². The maximum absolute atomic E-state index is 2.48. The number of hydrogen-bond donors (Lipinski definition) is 0. The van der Waals surface area contributed by atoms with Gasteiger partial charge in [0.25, 0.3) is 0 Å². The van der Waals surface area contributed by atoms with Crippen molar-refractivity contribution in [2.24, 2.45) is 0 Å². The van der Waals surface area contributed by atoms with E-state index in [-0.39, 0.29) is 0 Å². The molecule has 0 spiro atoms. The van der Waals surface area contributed by atoms with Crippen LogP contribution < -0.4 is 0 Å². The standard InChI is InChI=1S/C66H42/c1-4-19-44(20-5-1)59-39-48-26-12-13-27-49(48)40-60(59)50-34-36-53-54-37-35-52(42-62(54)66(46-23-8-3-9-24-46)65(61(53)41-50)45-21-6-2-7-22-45)64-57-30-16-14-28-55(57)63(56-29-15-17-31-58(56)64)51-33-32-43-18-10-11-25-47(43)38-51/h1-42H. The van der Waals surface area contributed by atoms with Crippen molar-refractivity contribution >= 4 is 64.6 Å². The summed E-state index contributed by atoms with van der Waals surface area (Å²) in [5.74, 6) is 0. The Bertz CT molecular complexity index is 3960. The minimum atomic E-state index is 1.20. The fourth-order valence-electron chi connectivity index (χ4n) is 10.8. The first-order valence-electron chi connectivity index (χ1n) is 22.9. The SMILES string of the molecule is c1ccc(-c2cc3ccccc3cc2-c2ccc3c(c2)c(-c2ccccc2)c(-c2ccccc2)c2cc(-c4c5ccccc5c(-c5ccc6ccccc6c5)c5ccccc45)ccc23)cc1. The monoisotopic (exact) mass is 834 g/mol. The van der Waals surface area contributed by atoms with Gasteiger partial charge in [-0.15, -0.1) is 0 Å². The Kier molecular flexibility index (Phi) is 8.96. The highest BCUT2D eigenvalue weighted by atomic mass is 14.3. The summed E-state index contributed by atoms with van der Waals surface area (Å²) in [6.45, 7) is 0. The zero-order chi connectivity index (χ0) is 43.6. The molecule has 306 valence electrons. The zero-order valence-electron chi connectivity index (χ0n) is 36.2. The van der Waals surface area contributed by atoms with Gasteiger partial charge in [-0.1, -0.05) is 224 Å². The third-order valence-corrected chi connectivity index (χ3v) is 13.8. The first kappa shape index (κ1) is 37.9. The highest BCUT2D eigenvalue weighted by Gasteiger charge is 2.22. The second-order valence-electron chi connectivity index (χ2n) is 17.5. The lowest BCUT2D eigenvalue weighted by Gasteiger charge is -2.22. The second kappa shape index (κ2) is 15.6. The predicted molar refractivity (Wildman–Crippen MR) is 284 cm³/mol. The third-order valence-electron chi connectivity index (χ3n) is 13.8. The van der Waals surface area contributed by atoms with Crippen molar-refractivity contribution in [2.75, 3.05) is 0 Å². The van der Waals surface area contributed by atoms with Gasteiger partial charge in [0.05, 0.1) is 0 Å². The third kappa shape index (κ3) is 6.22. The quantitative estimate of drug-likeness (QED) is 0.116. The van der Waals surface area contributed by atoms with Crippen molar-refractivity contribution in [1.82, 2.24) is 0 Å². The van der Waals surface area contributed by atoms with Gasteiger partial charge in [0.2, 0.25) is 0 Å². The molecule has 0 aliphatic carbocycles. The lowest BCUT2D eigenvalue weighted by Crippen LogP contribution is -1.94. The molecule has 0 saturated carbocycles. The summed E-state index contributed by atoms with van der Waals surface area (Å²) < 4.78 is 0. The molecule has 0 bridgehead atoms. The molecule has 13 rings (SSSR count). The molecule has 66 heavy (non-hydrogen) atoms. The molecule has 0 nitrogen and oxygen atoms in total. The van der Waals surface area contributed by atoms with E-state index in [0.29, 0.717) is 0 Å². The van der Waals surface area contributed by atoms with Crippen LogP contribution in [0.3, 0.4) is 0 Å². The van der Waals surface area contributed by atoms with Crippen LogP contribution in [0.25, 0.3) is 131 Å². The van der Waals surface area contributed by atoms with Crippen molar-refractivity contribution in [3.8, 4) is 66.8 Å². The number of benzene rings is 13. The first-order valence-corrected chi connectivity index (χ1v) is 22.9. The van der Waals surface area contributed by atoms with Crippen LogP contribution in [0.15, 0.2) is 255 Å². The minimum Gasteiger partial charge on any atom is -0.0622 e. The van der Waals surface area contributed by atoms with E-state index in [1.54, 1.807) is 0 Å². The molecular weight excluding hydrogens is 793 g/mol. The molecule has 0 fully saturated rings. The molecule has 0 saturated heterocycles. The Balaban J connectivity index is 1.11. The van der Waals surface area contributed by atoms with E-state index >= 15 is 0 Å². The Morgan fingerprint density at radius 2 is 0.500 bits per heavy atom. The maximum atomic E-state index is 2.48. The zero-order valence-corrected chi connectivity index (χ0v) is 36.2. The average Bonchev–Trinajstić information content (AvgIpc) is 3.39. The van der Waals surface area contributed by atoms with E-state index in [0.717, 1.165) is 0 Å². The average molecular weight is 835 g/mol. The fourth-order valence-corrected chi connectivity index (χ4v) is 10.8. The van der Waals surface area contributed by atoms with Gasteiger partial charge in [-0.05, 0) is 162 Å². The molecule has 0 radical (unpaired) electrons. The van der Waals surface area contributed by atoms with E-state index in [1.807, 2.05) is 0 Å². The van der Waals surface area contributed by atoms with Crippen LogP contribution in [0, 0.1) is 0 Å². The molecule has 0 unspecified atom stereocenters. The van der Waals surface area contributed by atoms with Gasteiger partial charge in [0, 0.05) is 0 Å². The smallest absolute Gasteiger partial charge is 0.00201 e. The number of hydrogen-bond acceptors (Lipinski definition) is 0. The van der Waals surface area contributed by atoms with Gasteiger partial charge in [-0.2, -0.15) is 0 Å². The van der Waals surface area contributed by atoms with Crippen LogP contribution in [-0.4, -0.2) is 0 Å². The molecule has 0 aliphatic rings. The molecule has 13 aromatic carbocycles. The lowest BCUT2D eigenvalue weighted by atomic mass is 9.81. The topological polar surface area (TPSA) is 0 Å². The van der Waals surface area contributed by atoms with Gasteiger partial charge < -0.3 is 0 Å². The number of rotatable bonds is 6. The van der Waals surface area contributed by atoms with Crippen LogP contribution in [0.2, 0.25) is 0 Å². The predicted octanol–water partition coefficient (Wildman–Crippen LogP) is 18.6. The molecule has 0 heteroatoms. The highest BCUT2D eigenvalue weighted by molar-refractivity contribution is 6.25. The Labute approximate surface area is 384 Å². The van der Waals surface area contributed by atoms with Gasteiger partial charge in [-0.25, -0.2) is 0 Å². The fraction of sp³-hybridized carbons (Fsp3) is 0. The van der Waals surface area contributed by atoms with Crippen LogP contribution in [0.5, 0.6) is 0 Å². The van der Waals surface area contributed by atoms with Gasteiger partial charge in [-0.3, -0.25) is 0 Å². The molecule has 0 N–H and O–H groups in total. The maximum Gasteiger partial charge on any atom is -0.00201 e. The van der Waals surface area contributed by atoms with Crippen molar-refractivity contribution in [3.63, 3.8) is 0 Å². The summed E-state index contributed by atoms with van der Waals surface area (Å²) >= 11 is 0. The second-order valence-corrected chi connectivity index (χ2v) is 17.5. The minimum absolute atomic E-state index is 1.20. The summed E-state index contributed by atoms with van der Waals surface area (Å²) in [7, 11) is 0.